The molecule has 1 aliphatic rings. The Morgan fingerprint density at radius 3 is 2.58 bits per heavy atom. The van der Waals surface area contributed by atoms with E-state index < -0.39 is 0 Å². The minimum Gasteiger partial charge on any atom is -0.351 e. The average Bonchev–Trinajstić information content (AvgIpc) is 2.55. The maximum absolute atomic E-state index is 3.39. The molecule has 0 bridgehead atoms. The Balaban J connectivity index is 0.000000378. The van der Waals surface area contributed by atoms with E-state index in [1.165, 1.54) is 25.7 Å². The SMILES string of the molecule is [CH2-][SiH3].[Ti+2].c1cc2c([cH-]1)CCCC2. The van der Waals surface area contributed by atoms with Gasteiger partial charge in [0.15, 0.2) is 0 Å². The normalized spacial score (nSPS) is 13.8. The molecule has 0 aliphatic heterocycles. The summed E-state index contributed by atoms with van der Waals surface area (Å²) in [4.78, 5) is 0. The molecule has 2 rings (SSSR count). The molecule has 2 heteroatoms. The third-order valence-electron chi connectivity index (χ3n) is 2.15. The van der Waals surface area contributed by atoms with Gasteiger partial charge >= 0.3 is 21.7 Å². The predicted molar refractivity (Wildman–Crippen MR) is 54.0 cm³/mol. The van der Waals surface area contributed by atoms with Crippen LogP contribution in [-0.4, -0.2) is 10.2 Å². The van der Waals surface area contributed by atoms with Gasteiger partial charge in [-0.2, -0.15) is 23.3 Å². The molecule has 0 N–H and O–H groups in total. The van der Waals surface area contributed by atoms with Crippen LogP contribution in [0.5, 0.6) is 0 Å². The van der Waals surface area contributed by atoms with E-state index in [0.717, 1.165) is 10.2 Å². The second kappa shape index (κ2) is 6.76. The summed E-state index contributed by atoms with van der Waals surface area (Å²) in [5.74, 6) is 0. The average molecular weight is 212 g/mol. The van der Waals surface area contributed by atoms with Crippen LogP contribution in [0.2, 0.25) is 0 Å². The maximum atomic E-state index is 3.39. The van der Waals surface area contributed by atoms with Gasteiger partial charge in [0.05, 0.1) is 0 Å². The number of aryl methyl sites for hydroxylation is 2. The smallest absolute Gasteiger partial charge is 0.351 e. The zero-order valence-electron chi connectivity index (χ0n) is 7.77. The van der Waals surface area contributed by atoms with E-state index >= 15 is 0 Å². The molecular formula is C10H16SiTi. The van der Waals surface area contributed by atoms with Crippen molar-refractivity contribution in [3.05, 3.63) is 35.9 Å². The van der Waals surface area contributed by atoms with Crippen LogP contribution in [0.4, 0.5) is 0 Å². The Morgan fingerprint density at radius 2 is 1.92 bits per heavy atom. The largest absolute Gasteiger partial charge is 2.00 e. The molecule has 0 nitrogen and oxygen atoms in total. The van der Waals surface area contributed by atoms with Gasteiger partial charge in [-0.05, 0) is 0 Å². The Hall–Kier alpha value is 0.281. The molecule has 64 valence electrons. The Labute approximate surface area is 93.4 Å². The van der Waals surface area contributed by atoms with E-state index in [4.69, 9.17) is 0 Å². The van der Waals surface area contributed by atoms with Crippen LogP contribution < -0.4 is 0 Å². The Morgan fingerprint density at radius 1 is 1.25 bits per heavy atom. The summed E-state index contributed by atoms with van der Waals surface area (Å²) in [5, 5.41) is 0. The summed E-state index contributed by atoms with van der Waals surface area (Å²) < 4.78 is 0. The van der Waals surface area contributed by atoms with Gasteiger partial charge in [-0.3, -0.25) is 0 Å². The topological polar surface area (TPSA) is 0 Å². The van der Waals surface area contributed by atoms with Gasteiger partial charge in [0.2, 0.25) is 0 Å². The van der Waals surface area contributed by atoms with Gasteiger partial charge < -0.3 is 6.55 Å². The van der Waals surface area contributed by atoms with Crippen LogP contribution in [0.15, 0.2) is 18.2 Å². The number of hydrogen-bond acceptors (Lipinski definition) is 0. The van der Waals surface area contributed by atoms with E-state index in [1.807, 2.05) is 0 Å². The zero-order chi connectivity index (χ0) is 8.10. The van der Waals surface area contributed by atoms with E-state index in [-0.39, 0.29) is 21.7 Å². The molecular weight excluding hydrogens is 196 g/mol. The van der Waals surface area contributed by atoms with Crippen molar-refractivity contribution in [2.45, 2.75) is 25.7 Å². The Bertz CT molecular complexity index is 185. The first kappa shape index (κ1) is 12.3. The van der Waals surface area contributed by atoms with Crippen molar-refractivity contribution < 1.29 is 21.7 Å². The summed E-state index contributed by atoms with van der Waals surface area (Å²) >= 11 is 0. The zero-order valence-corrected chi connectivity index (χ0v) is 11.3. The summed E-state index contributed by atoms with van der Waals surface area (Å²) in [6.45, 7) is 3.39. The van der Waals surface area contributed by atoms with Crippen molar-refractivity contribution in [3.63, 3.8) is 0 Å². The third-order valence-corrected chi connectivity index (χ3v) is 2.15. The van der Waals surface area contributed by atoms with E-state index in [2.05, 4.69) is 24.7 Å². The molecule has 0 radical (unpaired) electrons. The van der Waals surface area contributed by atoms with Crippen LogP contribution >= 0.6 is 0 Å². The third kappa shape index (κ3) is 2.97. The maximum Gasteiger partial charge on any atom is 2.00 e. The van der Waals surface area contributed by atoms with Crippen molar-refractivity contribution in [2.24, 2.45) is 0 Å². The van der Waals surface area contributed by atoms with E-state index in [9.17, 15) is 0 Å². The number of fused-ring (bicyclic) bond motifs is 1. The fourth-order valence-corrected chi connectivity index (χ4v) is 1.61. The summed E-state index contributed by atoms with van der Waals surface area (Å²) in [6, 6.07) is 6.69. The Kier molecular flexibility index (Phi) is 6.92. The molecule has 0 atom stereocenters. The molecule has 1 aliphatic carbocycles. The van der Waals surface area contributed by atoms with Gasteiger partial charge in [0.25, 0.3) is 0 Å². The molecule has 1 aromatic carbocycles. The van der Waals surface area contributed by atoms with Gasteiger partial charge in [-0.25, -0.2) is 6.07 Å². The van der Waals surface area contributed by atoms with Gasteiger partial charge in [-0.1, -0.05) is 25.7 Å². The second-order valence-corrected chi connectivity index (χ2v) is 2.78. The van der Waals surface area contributed by atoms with Gasteiger partial charge in [-0.15, -0.1) is 10.2 Å². The minimum atomic E-state index is 0. The molecule has 0 spiro atoms. The summed E-state index contributed by atoms with van der Waals surface area (Å²) in [7, 11) is 1.06. The van der Waals surface area contributed by atoms with E-state index in [1.54, 1.807) is 11.1 Å². The molecule has 0 amide bonds. The first-order valence-electron chi connectivity index (χ1n) is 4.41. The van der Waals surface area contributed by atoms with Crippen molar-refractivity contribution in [1.82, 2.24) is 0 Å². The van der Waals surface area contributed by atoms with Crippen molar-refractivity contribution >= 4 is 10.2 Å². The van der Waals surface area contributed by atoms with E-state index in [0.29, 0.717) is 0 Å². The number of hydrogen-bond donors (Lipinski definition) is 0. The fourth-order valence-electron chi connectivity index (χ4n) is 1.61. The molecule has 0 saturated carbocycles. The summed E-state index contributed by atoms with van der Waals surface area (Å²) in [6.07, 6.45) is 5.44. The molecule has 0 aromatic heterocycles. The predicted octanol–water partition coefficient (Wildman–Crippen LogP) is 1.43. The van der Waals surface area contributed by atoms with Crippen LogP contribution in [0.1, 0.15) is 24.0 Å². The van der Waals surface area contributed by atoms with Gasteiger partial charge in [0, 0.05) is 0 Å². The monoisotopic (exact) mass is 212 g/mol. The van der Waals surface area contributed by atoms with Gasteiger partial charge in [0.1, 0.15) is 0 Å². The van der Waals surface area contributed by atoms with Crippen molar-refractivity contribution in [2.75, 3.05) is 0 Å². The minimum absolute atomic E-state index is 0. The first-order valence-corrected chi connectivity index (χ1v) is 5.82. The fraction of sp³-hybridized carbons (Fsp3) is 0.400. The molecule has 0 fully saturated rings. The molecule has 0 unspecified atom stereocenters. The van der Waals surface area contributed by atoms with Crippen LogP contribution in [0, 0.1) is 6.55 Å². The van der Waals surface area contributed by atoms with Crippen molar-refractivity contribution in [1.29, 1.82) is 0 Å². The molecule has 0 saturated heterocycles. The van der Waals surface area contributed by atoms with Crippen LogP contribution in [-0.2, 0) is 34.6 Å². The molecule has 12 heavy (non-hydrogen) atoms. The van der Waals surface area contributed by atoms with Crippen LogP contribution in [0.25, 0.3) is 0 Å². The molecule has 1 aromatic rings. The van der Waals surface area contributed by atoms with Crippen molar-refractivity contribution in [3.8, 4) is 0 Å². The quantitative estimate of drug-likeness (QED) is 0.450. The number of rotatable bonds is 0. The second-order valence-electron chi connectivity index (χ2n) is 2.78. The summed E-state index contributed by atoms with van der Waals surface area (Å²) in [5.41, 5.74) is 3.20. The van der Waals surface area contributed by atoms with Crippen LogP contribution in [0.3, 0.4) is 0 Å². The first-order chi connectivity index (χ1) is 5.47. The standard InChI is InChI=1S/C9H11.CH5Si.Ti/c1-2-5-9-7-3-6-8(9)4-1;1-2;/h3,6-7H,1-2,4-5H2;1H2,2H3;/q2*-1;+2. The molecule has 0 heterocycles.